The number of methoxy groups -OCH3 is 1. The Morgan fingerprint density at radius 2 is 1.84 bits per heavy atom. The van der Waals surface area contributed by atoms with Crippen molar-refractivity contribution in [2.24, 2.45) is 0 Å². The Labute approximate surface area is 144 Å². The summed E-state index contributed by atoms with van der Waals surface area (Å²) in [4.78, 5) is 17.6. The number of benzene rings is 1. The fraction of sp³-hybridized carbons (Fsp3) is 0.0526. The number of fused-ring (bicyclic) bond motifs is 1. The summed E-state index contributed by atoms with van der Waals surface area (Å²) in [6.45, 7) is 0. The molecule has 122 valence electrons. The Balaban J connectivity index is 1.70. The smallest absolute Gasteiger partial charge is 0.160 e. The van der Waals surface area contributed by atoms with Crippen LogP contribution >= 0.6 is 0 Å². The van der Waals surface area contributed by atoms with E-state index in [1.807, 2.05) is 42.5 Å². The van der Waals surface area contributed by atoms with E-state index in [1.165, 1.54) is 0 Å². The van der Waals surface area contributed by atoms with Gasteiger partial charge < -0.3 is 10.1 Å². The molecule has 0 saturated heterocycles. The van der Waals surface area contributed by atoms with Gasteiger partial charge in [-0.2, -0.15) is 0 Å². The normalized spacial score (nSPS) is 10.6. The molecule has 0 aliphatic carbocycles. The number of hydrogen-bond acceptors (Lipinski definition) is 6. The van der Waals surface area contributed by atoms with Crippen molar-refractivity contribution >= 4 is 22.4 Å². The SMILES string of the molecule is COc1cncc2nc(-c3ccnc(Nc4ccccc4)c3)ncc12. The van der Waals surface area contributed by atoms with E-state index in [1.54, 1.807) is 31.9 Å². The van der Waals surface area contributed by atoms with Crippen LogP contribution in [0.15, 0.2) is 67.3 Å². The molecule has 1 aromatic carbocycles. The Morgan fingerprint density at radius 1 is 0.960 bits per heavy atom. The highest BCUT2D eigenvalue weighted by Crippen LogP contribution is 2.25. The molecule has 0 atom stereocenters. The summed E-state index contributed by atoms with van der Waals surface area (Å²) in [5, 5.41) is 4.10. The maximum absolute atomic E-state index is 5.30. The molecule has 0 unspecified atom stereocenters. The molecule has 3 aromatic heterocycles. The van der Waals surface area contributed by atoms with Crippen molar-refractivity contribution in [1.29, 1.82) is 0 Å². The first kappa shape index (κ1) is 15.0. The summed E-state index contributed by atoms with van der Waals surface area (Å²) in [5.74, 6) is 2.00. The summed E-state index contributed by atoms with van der Waals surface area (Å²) in [7, 11) is 1.61. The number of para-hydroxylation sites is 1. The average molecular weight is 329 g/mol. The number of rotatable bonds is 4. The van der Waals surface area contributed by atoms with Gasteiger partial charge in [-0.15, -0.1) is 0 Å². The average Bonchev–Trinajstić information content (AvgIpc) is 2.68. The minimum atomic E-state index is 0.612. The second-order valence-electron chi connectivity index (χ2n) is 5.39. The van der Waals surface area contributed by atoms with Crippen molar-refractivity contribution in [2.45, 2.75) is 0 Å². The molecule has 3 heterocycles. The number of aromatic nitrogens is 4. The topological polar surface area (TPSA) is 72.8 Å². The van der Waals surface area contributed by atoms with Crippen molar-refractivity contribution in [2.75, 3.05) is 12.4 Å². The summed E-state index contributed by atoms with van der Waals surface area (Å²) < 4.78 is 5.30. The third-order valence-electron chi connectivity index (χ3n) is 3.76. The van der Waals surface area contributed by atoms with E-state index in [-0.39, 0.29) is 0 Å². The van der Waals surface area contributed by atoms with E-state index < -0.39 is 0 Å². The van der Waals surface area contributed by atoms with Crippen molar-refractivity contribution < 1.29 is 4.74 Å². The Morgan fingerprint density at radius 3 is 2.68 bits per heavy atom. The van der Waals surface area contributed by atoms with Crippen molar-refractivity contribution in [3.8, 4) is 17.1 Å². The van der Waals surface area contributed by atoms with E-state index in [0.29, 0.717) is 11.6 Å². The van der Waals surface area contributed by atoms with Gasteiger partial charge in [0.2, 0.25) is 0 Å². The molecule has 0 saturated carbocycles. The molecule has 6 heteroatoms. The monoisotopic (exact) mass is 329 g/mol. The molecular weight excluding hydrogens is 314 g/mol. The first-order valence-corrected chi connectivity index (χ1v) is 7.77. The van der Waals surface area contributed by atoms with Crippen LogP contribution in [0.1, 0.15) is 0 Å². The standard InChI is InChI=1S/C19H15N5O/c1-25-17-12-20-11-16-15(17)10-22-19(24-16)13-7-8-21-18(9-13)23-14-5-3-2-4-6-14/h2-12H,1H3,(H,21,23). The molecule has 0 aliphatic heterocycles. The predicted octanol–water partition coefficient (Wildman–Crippen LogP) is 3.84. The molecule has 25 heavy (non-hydrogen) atoms. The molecular formula is C19H15N5O. The van der Waals surface area contributed by atoms with Crippen LogP contribution in [0.25, 0.3) is 22.3 Å². The van der Waals surface area contributed by atoms with Crippen LogP contribution in [-0.2, 0) is 0 Å². The van der Waals surface area contributed by atoms with Crippen LogP contribution in [-0.4, -0.2) is 27.0 Å². The summed E-state index contributed by atoms with van der Waals surface area (Å²) >= 11 is 0. The minimum Gasteiger partial charge on any atom is -0.494 e. The lowest BCUT2D eigenvalue weighted by molar-refractivity contribution is 0.418. The first-order chi connectivity index (χ1) is 12.3. The van der Waals surface area contributed by atoms with E-state index in [0.717, 1.165) is 28.0 Å². The molecule has 0 amide bonds. The van der Waals surface area contributed by atoms with E-state index >= 15 is 0 Å². The van der Waals surface area contributed by atoms with Gasteiger partial charge in [-0.3, -0.25) is 4.98 Å². The number of nitrogens with one attached hydrogen (secondary N) is 1. The van der Waals surface area contributed by atoms with Gasteiger partial charge in [0.05, 0.1) is 30.4 Å². The van der Waals surface area contributed by atoms with Gasteiger partial charge in [-0.1, -0.05) is 18.2 Å². The largest absolute Gasteiger partial charge is 0.494 e. The predicted molar refractivity (Wildman–Crippen MR) is 96.8 cm³/mol. The van der Waals surface area contributed by atoms with E-state index in [4.69, 9.17) is 4.74 Å². The first-order valence-electron chi connectivity index (χ1n) is 7.77. The molecule has 0 aliphatic rings. The highest BCUT2D eigenvalue weighted by Gasteiger charge is 2.08. The van der Waals surface area contributed by atoms with Gasteiger partial charge in [0, 0.05) is 23.6 Å². The quantitative estimate of drug-likeness (QED) is 0.613. The zero-order valence-electron chi connectivity index (χ0n) is 13.5. The van der Waals surface area contributed by atoms with Gasteiger partial charge in [0.1, 0.15) is 11.6 Å². The number of nitrogens with zero attached hydrogens (tertiary/aromatic N) is 4. The van der Waals surface area contributed by atoms with Crippen molar-refractivity contribution in [3.05, 3.63) is 67.3 Å². The van der Waals surface area contributed by atoms with E-state index in [2.05, 4.69) is 25.3 Å². The van der Waals surface area contributed by atoms with Crippen LogP contribution in [0.5, 0.6) is 5.75 Å². The fourth-order valence-electron chi connectivity index (χ4n) is 2.54. The number of anilines is 2. The van der Waals surface area contributed by atoms with Gasteiger partial charge in [0.15, 0.2) is 5.82 Å². The van der Waals surface area contributed by atoms with Crippen LogP contribution < -0.4 is 10.1 Å². The fourth-order valence-corrected chi connectivity index (χ4v) is 2.54. The maximum atomic E-state index is 5.30. The van der Waals surface area contributed by atoms with Gasteiger partial charge in [-0.25, -0.2) is 15.0 Å². The molecule has 0 fully saturated rings. The van der Waals surface area contributed by atoms with Crippen LogP contribution in [0.2, 0.25) is 0 Å². The zero-order valence-corrected chi connectivity index (χ0v) is 13.5. The molecule has 6 nitrogen and oxygen atoms in total. The lowest BCUT2D eigenvalue weighted by Crippen LogP contribution is -1.96. The third-order valence-corrected chi connectivity index (χ3v) is 3.76. The molecule has 0 bridgehead atoms. The Hall–Kier alpha value is -3.54. The summed E-state index contributed by atoms with van der Waals surface area (Å²) in [5.41, 5.74) is 2.58. The number of hydrogen-bond donors (Lipinski definition) is 1. The highest BCUT2D eigenvalue weighted by atomic mass is 16.5. The van der Waals surface area contributed by atoms with Crippen LogP contribution in [0.3, 0.4) is 0 Å². The molecule has 0 radical (unpaired) electrons. The second-order valence-corrected chi connectivity index (χ2v) is 5.39. The van der Waals surface area contributed by atoms with Crippen molar-refractivity contribution in [3.63, 3.8) is 0 Å². The van der Waals surface area contributed by atoms with Gasteiger partial charge in [-0.05, 0) is 24.3 Å². The molecule has 4 rings (SSSR count). The third kappa shape index (κ3) is 3.10. The Bertz CT molecular complexity index is 1020. The number of ether oxygens (including phenoxy) is 1. The molecule has 0 spiro atoms. The van der Waals surface area contributed by atoms with Crippen LogP contribution in [0, 0.1) is 0 Å². The van der Waals surface area contributed by atoms with Crippen molar-refractivity contribution in [1.82, 2.24) is 19.9 Å². The summed E-state index contributed by atoms with van der Waals surface area (Å²) in [6, 6.07) is 13.7. The Kier molecular flexibility index (Phi) is 3.92. The van der Waals surface area contributed by atoms with Gasteiger partial charge >= 0.3 is 0 Å². The molecule has 1 N–H and O–H groups in total. The lowest BCUT2D eigenvalue weighted by atomic mass is 10.2. The number of pyridine rings is 2. The zero-order chi connectivity index (χ0) is 17.1. The maximum Gasteiger partial charge on any atom is 0.160 e. The van der Waals surface area contributed by atoms with E-state index in [9.17, 15) is 0 Å². The van der Waals surface area contributed by atoms with Crippen LogP contribution in [0.4, 0.5) is 11.5 Å². The highest BCUT2D eigenvalue weighted by molar-refractivity contribution is 5.84. The minimum absolute atomic E-state index is 0.612. The molecule has 4 aromatic rings. The van der Waals surface area contributed by atoms with Gasteiger partial charge in [0.25, 0.3) is 0 Å². The summed E-state index contributed by atoms with van der Waals surface area (Å²) in [6.07, 6.45) is 6.84. The lowest BCUT2D eigenvalue weighted by Gasteiger charge is -2.08. The second kappa shape index (κ2) is 6.52.